The van der Waals surface area contributed by atoms with Crippen LogP contribution in [-0.2, 0) is 9.59 Å². The van der Waals surface area contributed by atoms with E-state index in [1.165, 1.54) is 6.92 Å². The van der Waals surface area contributed by atoms with Crippen molar-refractivity contribution in [1.82, 2.24) is 5.32 Å². The summed E-state index contributed by atoms with van der Waals surface area (Å²) < 4.78 is 0. The van der Waals surface area contributed by atoms with Gasteiger partial charge in [0.15, 0.2) is 5.96 Å². The van der Waals surface area contributed by atoms with Crippen molar-refractivity contribution in [3.63, 3.8) is 0 Å². The molecule has 7 N–H and O–H groups in total. The zero-order valence-corrected chi connectivity index (χ0v) is 13.9. The zero-order valence-electron chi connectivity index (χ0n) is 13.9. The molecule has 1 rings (SSSR count). The molecule has 1 aliphatic rings. The van der Waals surface area contributed by atoms with Crippen molar-refractivity contribution < 1.29 is 19.8 Å². The second kappa shape index (κ2) is 8.14. The molecule has 0 aromatic carbocycles. The Labute approximate surface area is 136 Å². The third kappa shape index (κ3) is 4.57. The second-order valence-electron chi connectivity index (χ2n) is 6.17. The minimum atomic E-state index is -1.11. The van der Waals surface area contributed by atoms with Crippen LogP contribution in [0.5, 0.6) is 0 Å². The fraction of sp³-hybridized carbons (Fsp3) is 0.800. The first-order valence-corrected chi connectivity index (χ1v) is 7.99. The number of carboxylic acids is 1. The first-order chi connectivity index (χ1) is 10.7. The van der Waals surface area contributed by atoms with Gasteiger partial charge in [0.05, 0.1) is 18.1 Å². The van der Waals surface area contributed by atoms with Gasteiger partial charge in [0.2, 0.25) is 5.91 Å². The van der Waals surface area contributed by atoms with E-state index in [-0.39, 0.29) is 30.2 Å². The Morgan fingerprint density at radius 2 is 1.87 bits per heavy atom. The Kier molecular flexibility index (Phi) is 6.80. The van der Waals surface area contributed by atoms with Gasteiger partial charge in [-0.15, -0.1) is 0 Å². The summed E-state index contributed by atoms with van der Waals surface area (Å²) in [6.07, 6.45) is 0.612. The molecule has 0 aromatic rings. The van der Waals surface area contributed by atoms with E-state index in [1.807, 2.05) is 13.8 Å². The monoisotopic (exact) mass is 328 g/mol. The number of aliphatic hydroxyl groups excluding tert-OH is 1. The molecule has 132 valence electrons. The molecule has 8 heteroatoms. The molecule has 1 amide bonds. The van der Waals surface area contributed by atoms with E-state index < -0.39 is 30.0 Å². The van der Waals surface area contributed by atoms with E-state index in [4.69, 9.17) is 11.5 Å². The van der Waals surface area contributed by atoms with E-state index in [1.54, 1.807) is 0 Å². The van der Waals surface area contributed by atoms with Gasteiger partial charge in [0.1, 0.15) is 0 Å². The summed E-state index contributed by atoms with van der Waals surface area (Å²) in [4.78, 5) is 27.1. The smallest absolute Gasteiger partial charge is 0.309 e. The van der Waals surface area contributed by atoms with Crippen LogP contribution < -0.4 is 16.8 Å². The molecule has 8 nitrogen and oxygen atoms in total. The van der Waals surface area contributed by atoms with Crippen LogP contribution in [0, 0.1) is 17.8 Å². The van der Waals surface area contributed by atoms with Crippen molar-refractivity contribution >= 4 is 17.8 Å². The number of nitrogens with one attached hydrogen (secondary N) is 1. The average Bonchev–Trinajstić information content (AvgIpc) is 2.74. The van der Waals surface area contributed by atoms with Crippen molar-refractivity contribution in [1.29, 1.82) is 0 Å². The summed E-state index contributed by atoms with van der Waals surface area (Å²) in [5.74, 6) is -2.84. The minimum absolute atomic E-state index is 0.0998. The summed E-state index contributed by atoms with van der Waals surface area (Å²) in [6, 6.07) is -0.913. The van der Waals surface area contributed by atoms with Crippen LogP contribution in [0.1, 0.15) is 40.0 Å². The number of aliphatic hydroxyl groups is 1. The van der Waals surface area contributed by atoms with Crippen LogP contribution >= 0.6 is 0 Å². The first kappa shape index (κ1) is 19.2. The molecule has 0 aliphatic heterocycles. The van der Waals surface area contributed by atoms with Crippen molar-refractivity contribution in [2.75, 3.05) is 0 Å². The van der Waals surface area contributed by atoms with E-state index >= 15 is 0 Å². The van der Waals surface area contributed by atoms with Gasteiger partial charge in [-0.2, -0.15) is 0 Å². The highest BCUT2D eigenvalue weighted by Crippen LogP contribution is 2.39. The number of aliphatic carboxylic acids is 1. The minimum Gasteiger partial charge on any atom is -0.481 e. The van der Waals surface area contributed by atoms with Gasteiger partial charge in [-0.25, -0.2) is 4.99 Å². The number of carbonyl (C=O) groups is 2. The van der Waals surface area contributed by atoms with Crippen molar-refractivity contribution in [2.45, 2.75) is 58.2 Å². The van der Waals surface area contributed by atoms with Crippen molar-refractivity contribution in [2.24, 2.45) is 34.2 Å². The highest BCUT2D eigenvalue weighted by atomic mass is 16.4. The molecule has 23 heavy (non-hydrogen) atoms. The second-order valence-corrected chi connectivity index (χ2v) is 6.17. The molecular weight excluding hydrogens is 300 g/mol. The van der Waals surface area contributed by atoms with Crippen LogP contribution in [0.2, 0.25) is 0 Å². The maximum absolute atomic E-state index is 11.6. The van der Waals surface area contributed by atoms with Gasteiger partial charge in [0.25, 0.3) is 0 Å². The maximum Gasteiger partial charge on any atom is 0.309 e. The van der Waals surface area contributed by atoms with Gasteiger partial charge in [-0.3, -0.25) is 9.59 Å². The highest BCUT2D eigenvalue weighted by molar-refractivity contribution is 5.76. The standard InChI is InChI=1S/C15H28N4O4/c1-4-8(5-2)12(18-7(3)20)11-10(19-15(16)17)6-9(13(11)21)14(22)23/h8-13,21H,4-6H2,1-3H3,(H,18,20)(H,22,23)(H4,16,17,19)/t9?,10?,11-,12?,13?/m0/s1. The summed E-state index contributed by atoms with van der Waals surface area (Å²) in [5.41, 5.74) is 10.9. The summed E-state index contributed by atoms with van der Waals surface area (Å²) in [7, 11) is 0. The van der Waals surface area contributed by atoms with Gasteiger partial charge in [-0.1, -0.05) is 26.7 Å². The van der Waals surface area contributed by atoms with E-state index in [0.717, 1.165) is 12.8 Å². The zero-order chi connectivity index (χ0) is 17.7. The van der Waals surface area contributed by atoms with Crippen molar-refractivity contribution in [3.05, 3.63) is 0 Å². The highest BCUT2D eigenvalue weighted by Gasteiger charge is 2.50. The van der Waals surface area contributed by atoms with Gasteiger partial charge in [-0.05, 0) is 12.3 Å². The SMILES string of the molecule is CCC(CC)C(NC(C)=O)[C@@H]1C(N=C(N)N)CC(C(=O)O)C1O. The number of hydrogen-bond acceptors (Lipinski definition) is 4. The molecule has 0 radical (unpaired) electrons. The molecule has 5 atom stereocenters. The van der Waals surface area contributed by atoms with Crippen LogP contribution in [0.3, 0.4) is 0 Å². The molecule has 0 saturated heterocycles. The summed E-state index contributed by atoms with van der Waals surface area (Å²) in [6.45, 7) is 5.39. The van der Waals surface area contributed by atoms with Crippen LogP contribution in [0.4, 0.5) is 0 Å². The molecule has 0 bridgehead atoms. The molecule has 0 heterocycles. The number of guanidine groups is 1. The lowest BCUT2D eigenvalue weighted by Gasteiger charge is -2.35. The molecule has 1 saturated carbocycles. The largest absolute Gasteiger partial charge is 0.481 e. The quantitative estimate of drug-likeness (QED) is 0.318. The number of nitrogens with zero attached hydrogens (tertiary/aromatic N) is 1. The number of hydrogen-bond donors (Lipinski definition) is 5. The number of carboxylic acid groups (broad SMARTS) is 1. The van der Waals surface area contributed by atoms with E-state index in [9.17, 15) is 19.8 Å². The predicted molar refractivity (Wildman–Crippen MR) is 86.5 cm³/mol. The predicted octanol–water partition coefficient (Wildman–Crippen LogP) is -0.349. The third-order valence-corrected chi connectivity index (χ3v) is 4.72. The van der Waals surface area contributed by atoms with E-state index in [2.05, 4.69) is 10.3 Å². The molecular formula is C15H28N4O4. The van der Waals surface area contributed by atoms with Crippen LogP contribution in [0.15, 0.2) is 4.99 Å². The Morgan fingerprint density at radius 1 is 1.30 bits per heavy atom. The maximum atomic E-state index is 11.6. The Balaban J connectivity index is 3.23. The Bertz CT molecular complexity index is 460. The topological polar surface area (TPSA) is 151 Å². The first-order valence-electron chi connectivity index (χ1n) is 7.99. The normalized spacial score (nSPS) is 28.4. The van der Waals surface area contributed by atoms with Gasteiger partial charge in [0, 0.05) is 18.9 Å². The molecule has 0 spiro atoms. The van der Waals surface area contributed by atoms with Crippen LogP contribution in [-0.4, -0.2) is 46.2 Å². The van der Waals surface area contributed by atoms with Gasteiger partial charge >= 0.3 is 5.97 Å². The lowest BCUT2D eigenvalue weighted by Crippen LogP contribution is -2.51. The molecule has 4 unspecified atom stereocenters. The number of rotatable bonds is 7. The van der Waals surface area contributed by atoms with Crippen molar-refractivity contribution in [3.8, 4) is 0 Å². The van der Waals surface area contributed by atoms with E-state index in [0.29, 0.717) is 0 Å². The average molecular weight is 328 g/mol. The fourth-order valence-electron chi connectivity index (χ4n) is 3.64. The lowest BCUT2D eigenvalue weighted by atomic mass is 9.80. The molecule has 1 fully saturated rings. The Hall–Kier alpha value is -1.83. The number of nitrogens with two attached hydrogens (primary N) is 2. The summed E-state index contributed by atoms with van der Waals surface area (Å²) >= 11 is 0. The lowest BCUT2D eigenvalue weighted by molar-refractivity contribution is -0.145. The van der Waals surface area contributed by atoms with Crippen LogP contribution in [0.25, 0.3) is 0 Å². The number of amides is 1. The fourth-order valence-corrected chi connectivity index (χ4v) is 3.64. The summed E-state index contributed by atoms with van der Waals surface area (Å²) in [5, 5.41) is 22.7. The van der Waals surface area contributed by atoms with Gasteiger partial charge < -0.3 is 27.0 Å². The molecule has 1 aliphatic carbocycles. The number of aliphatic imine (C=N–C) groups is 1. The molecule has 0 aromatic heterocycles. The Morgan fingerprint density at radius 3 is 2.26 bits per heavy atom. The third-order valence-electron chi connectivity index (χ3n) is 4.72. The number of carbonyl (C=O) groups excluding carboxylic acids is 1.